The summed E-state index contributed by atoms with van der Waals surface area (Å²) in [5.74, 6) is 0.214. The van der Waals surface area contributed by atoms with E-state index in [0.717, 1.165) is 10.0 Å². The van der Waals surface area contributed by atoms with E-state index in [-0.39, 0.29) is 17.7 Å². The summed E-state index contributed by atoms with van der Waals surface area (Å²) >= 11 is 3.43. The molecule has 0 saturated carbocycles. The molecule has 142 valence electrons. The molecule has 0 unspecified atom stereocenters. The van der Waals surface area contributed by atoms with Crippen molar-refractivity contribution in [1.82, 2.24) is 0 Å². The molecule has 0 aliphatic rings. The fourth-order valence-corrected chi connectivity index (χ4v) is 2.60. The number of rotatable bonds is 7. The van der Waals surface area contributed by atoms with Crippen molar-refractivity contribution in [3.8, 4) is 17.2 Å². The zero-order valence-electron chi connectivity index (χ0n) is 15.2. The molecule has 0 aromatic heterocycles. The van der Waals surface area contributed by atoms with Gasteiger partial charge < -0.3 is 18.9 Å². The summed E-state index contributed by atoms with van der Waals surface area (Å²) in [6.45, 7) is 1.67. The van der Waals surface area contributed by atoms with E-state index in [2.05, 4.69) is 15.9 Å². The molecule has 0 bridgehead atoms. The summed E-state index contributed by atoms with van der Waals surface area (Å²) in [5.41, 5.74) is 0.890. The fourth-order valence-electron chi connectivity index (χ4n) is 2.15. The molecule has 0 aliphatic heterocycles. The first-order valence-electron chi connectivity index (χ1n) is 8.08. The monoisotopic (exact) mass is 434 g/mol. The van der Waals surface area contributed by atoms with E-state index in [9.17, 15) is 9.59 Å². The average molecular weight is 435 g/mol. The van der Waals surface area contributed by atoms with Crippen molar-refractivity contribution in [1.29, 1.82) is 0 Å². The molecule has 2 aromatic carbocycles. The van der Waals surface area contributed by atoms with Gasteiger partial charge in [0.2, 0.25) is 0 Å². The molecule has 0 fully saturated rings. The molecule has 0 spiro atoms. The fraction of sp³-hybridized carbons (Fsp3) is 0.200. The summed E-state index contributed by atoms with van der Waals surface area (Å²) < 4.78 is 21.5. The van der Waals surface area contributed by atoms with Crippen molar-refractivity contribution in [3.05, 3.63) is 58.3 Å². The number of methoxy groups -OCH3 is 2. The largest absolute Gasteiger partial charge is 0.493 e. The van der Waals surface area contributed by atoms with Crippen LogP contribution in [0.15, 0.2) is 47.1 Å². The highest BCUT2D eigenvalue weighted by Gasteiger charge is 2.15. The third-order valence-electron chi connectivity index (χ3n) is 3.54. The van der Waals surface area contributed by atoms with Gasteiger partial charge >= 0.3 is 11.9 Å². The van der Waals surface area contributed by atoms with E-state index in [0.29, 0.717) is 11.5 Å². The second-order valence-corrected chi connectivity index (χ2v) is 6.11. The van der Waals surface area contributed by atoms with E-state index in [1.807, 2.05) is 0 Å². The van der Waals surface area contributed by atoms with Crippen LogP contribution in [0.25, 0.3) is 6.08 Å². The summed E-state index contributed by atoms with van der Waals surface area (Å²) in [6, 6.07) is 9.89. The number of carbonyl (C=O) groups excluding carboxylic acids is 2. The van der Waals surface area contributed by atoms with Gasteiger partial charge in [-0.05, 0) is 35.9 Å². The number of ether oxygens (including phenoxy) is 4. The Morgan fingerprint density at radius 2 is 1.70 bits per heavy atom. The Morgan fingerprint density at radius 1 is 1.04 bits per heavy atom. The zero-order chi connectivity index (χ0) is 19.8. The Bertz CT molecular complexity index is 860. The van der Waals surface area contributed by atoms with Gasteiger partial charge in [-0.25, -0.2) is 4.79 Å². The van der Waals surface area contributed by atoms with E-state index < -0.39 is 11.9 Å². The highest BCUT2D eigenvalue weighted by molar-refractivity contribution is 9.10. The number of esters is 2. The van der Waals surface area contributed by atoms with Gasteiger partial charge in [-0.2, -0.15) is 0 Å². The number of hydrogen-bond acceptors (Lipinski definition) is 6. The van der Waals surface area contributed by atoms with Crippen LogP contribution in [0.5, 0.6) is 17.2 Å². The highest BCUT2D eigenvalue weighted by Crippen LogP contribution is 2.34. The Morgan fingerprint density at radius 3 is 2.37 bits per heavy atom. The van der Waals surface area contributed by atoms with Gasteiger partial charge in [0, 0.05) is 10.9 Å². The lowest BCUT2D eigenvalue weighted by Gasteiger charge is -2.10. The summed E-state index contributed by atoms with van der Waals surface area (Å²) in [7, 11) is 3.08. The first-order valence-corrected chi connectivity index (χ1v) is 8.88. The van der Waals surface area contributed by atoms with Crippen LogP contribution in [-0.2, 0) is 9.53 Å². The summed E-state index contributed by atoms with van der Waals surface area (Å²) in [4.78, 5) is 23.8. The van der Waals surface area contributed by atoms with Crippen LogP contribution < -0.4 is 14.2 Å². The summed E-state index contributed by atoms with van der Waals surface area (Å²) in [6.07, 6.45) is 3.06. The quantitative estimate of drug-likeness (QED) is 0.360. The molecule has 0 amide bonds. The topological polar surface area (TPSA) is 71.1 Å². The second-order valence-electron chi connectivity index (χ2n) is 5.26. The minimum atomic E-state index is -0.637. The Hall–Kier alpha value is -2.80. The first kappa shape index (κ1) is 20.5. The molecule has 0 saturated heterocycles. The maximum atomic E-state index is 12.3. The minimum absolute atomic E-state index is 0.162. The van der Waals surface area contributed by atoms with Crippen molar-refractivity contribution >= 4 is 33.9 Å². The maximum absolute atomic E-state index is 12.3. The Labute approximate surface area is 165 Å². The van der Waals surface area contributed by atoms with Gasteiger partial charge in [-0.3, -0.25) is 4.79 Å². The average Bonchev–Trinajstić information content (AvgIpc) is 2.68. The molecule has 0 radical (unpaired) electrons. The van der Waals surface area contributed by atoms with Gasteiger partial charge in [0.15, 0.2) is 11.5 Å². The molecule has 7 heteroatoms. The van der Waals surface area contributed by atoms with E-state index in [1.165, 1.54) is 19.4 Å². The van der Waals surface area contributed by atoms with Crippen LogP contribution >= 0.6 is 15.9 Å². The molecular formula is C20H19BrO6. The summed E-state index contributed by atoms with van der Waals surface area (Å²) in [5, 5.41) is 0. The molecule has 0 aliphatic carbocycles. The van der Waals surface area contributed by atoms with Crippen molar-refractivity contribution in [2.45, 2.75) is 13.3 Å². The lowest BCUT2D eigenvalue weighted by molar-refractivity contribution is -0.134. The Balaban J connectivity index is 2.15. The van der Waals surface area contributed by atoms with Crippen molar-refractivity contribution in [3.63, 3.8) is 0 Å². The number of carbonyl (C=O) groups is 2. The smallest absolute Gasteiger partial charge is 0.346 e. The molecule has 6 nitrogen and oxygen atoms in total. The lowest BCUT2D eigenvalue weighted by Crippen LogP contribution is -2.10. The van der Waals surface area contributed by atoms with E-state index >= 15 is 0 Å². The van der Waals surface area contributed by atoms with Crippen molar-refractivity contribution in [2.75, 3.05) is 14.2 Å². The number of para-hydroxylation sites is 1. The van der Waals surface area contributed by atoms with Crippen LogP contribution in [0.3, 0.4) is 0 Å². The Kier molecular flexibility index (Phi) is 7.43. The van der Waals surface area contributed by atoms with Gasteiger partial charge in [-0.15, -0.1) is 0 Å². The molecular weight excluding hydrogens is 416 g/mol. The molecule has 2 aromatic rings. The van der Waals surface area contributed by atoms with Crippen LogP contribution in [0.1, 0.15) is 29.3 Å². The van der Waals surface area contributed by atoms with Crippen LogP contribution in [0, 0.1) is 0 Å². The first-order chi connectivity index (χ1) is 13.0. The number of hydrogen-bond donors (Lipinski definition) is 0. The van der Waals surface area contributed by atoms with Gasteiger partial charge in [0.05, 0.1) is 20.5 Å². The van der Waals surface area contributed by atoms with Gasteiger partial charge in [0.25, 0.3) is 0 Å². The van der Waals surface area contributed by atoms with E-state index in [1.54, 1.807) is 50.4 Å². The third kappa shape index (κ3) is 5.34. The predicted octanol–water partition coefficient (Wildman–Crippen LogP) is 4.61. The van der Waals surface area contributed by atoms with E-state index in [4.69, 9.17) is 18.9 Å². The SMILES string of the molecule is CCC(=O)Oc1ccccc1C(=O)OC=Cc1cc(OC)c(OC)cc1Br. The molecule has 2 rings (SSSR count). The molecule has 0 heterocycles. The maximum Gasteiger partial charge on any atom is 0.346 e. The molecule has 0 N–H and O–H groups in total. The van der Waals surface area contributed by atoms with Crippen molar-refractivity contribution < 1.29 is 28.5 Å². The normalized spacial score (nSPS) is 10.5. The highest BCUT2D eigenvalue weighted by atomic mass is 79.9. The van der Waals surface area contributed by atoms with Crippen LogP contribution in [0.4, 0.5) is 0 Å². The third-order valence-corrected chi connectivity index (χ3v) is 4.23. The van der Waals surface area contributed by atoms with Crippen molar-refractivity contribution in [2.24, 2.45) is 0 Å². The van der Waals surface area contributed by atoms with Crippen LogP contribution in [0.2, 0.25) is 0 Å². The van der Waals surface area contributed by atoms with Gasteiger partial charge in [0.1, 0.15) is 11.3 Å². The molecule has 0 atom stereocenters. The van der Waals surface area contributed by atoms with Gasteiger partial charge in [-0.1, -0.05) is 35.0 Å². The number of benzene rings is 2. The standard InChI is InChI=1S/C20H19BrO6/c1-4-19(22)27-16-8-6-5-7-14(16)20(23)26-10-9-13-11-17(24-2)18(25-3)12-15(13)21/h5-12H,4H2,1-3H3. The molecule has 27 heavy (non-hydrogen) atoms. The number of halogens is 1. The van der Waals surface area contributed by atoms with Crippen LogP contribution in [-0.4, -0.2) is 26.2 Å². The minimum Gasteiger partial charge on any atom is -0.493 e. The second kappa shape index (κ2) is 9.78. The predicted molar refractivity (Wildman–Crippen MR) is 104 cm³/mol. The zero-order valence-corrected chi connectivity index (χ0v) is 16.7. The lowest BCUT2D eigenvalue weighted by atomic mass is 10.2.